The molecule has 3 atom stereocenters. The van der Waals surface area contributed by atoms with Crippen LogP contribution in [0.3, 0.4) is 0 Å². The summed E-state index contributed by atoms with van der Waals surface area (Å²) >= 11 is 5.75. The lowest BCUT2D eigenvalue weighted by Gasteiger charge is -2.41. The third-order valence-corrected chi connectivity index (χ3v) is 6.10. The Kier molecular flexibility index (Phi) is 4.33. The van der Waals surface area contributed by atoms with Crippen molar-refractivity contribution in [1.29, 1.82) is 0 Å². The summed E-state index contributed by atoms with van der Waals surface area (Å²) in [5.74, 6) is -0.490. The van der Waals surface area contributed by atoms with Crippen molar-refractivity contribution in [2.75, 3.05) is 0 Å². The Morgan fingerprint density at radius 3 is 2.79 bits per heavy atom. The van der Waals surface area contributed by atoms with Gasteiger partial charge in [0.2, 0.25) is 0 Å². The van der Waals surface area contributed by atoms with Gasteiger partial charge in [-0.2, -0.15) is 0 Å². The van der Waals surface area contributed by atoms with Gasteiger partial charge < -0.3 is 5.73 Å². The molecule has 0 spiro atoms. The molecule has 19 heavy (non-hydrogen) atoms. The second-order valence-electron chi connectivity index (χ2n) is 5.82. The quantitative estimate of drug-likeness (QED) is 0.909. The van der Waals surface area contributed by atoms with Gasteiger partial charge in [0.15, 0.2) is 0 Å². The summed E-state index contributed by atoms with van der Waals surface area (Å²) in [4.78, 5) is 0.560. The first kappa shape index (κ1) is 14.9. The fourth-order valence-corrected chi connectivity index (χ4v) is 4.67. The second-order valence-corrected chi connectivity index (χ2v) is 7.90. The maximum atomic E-state index is 13.1. The maximum absolute atomic E-state index is 13.1. The van der Waals surface area contributed by atoms with Crippen molar-refractivity contribution in [3.8, 4) is 0 Å². The van der Waals surface area contributed by atoms with Crippen LogP contribution in [0.1, 0.15) is 33.1 Å². The lowest BCUT2D eigenvalue weighted by Crippen LogP contribution is -2.51. The van der Waals surface area contributed by atoms with E-state index in [0.717, 1.165) is 19.3 Å². The fraction of sp³-hybridized carbons (Fsp3) is 0.571. The van der Waals surface area contributed by atoms with Gasteiger partial charge in [0.25, 0.3) is 0 Å². The smallest absolute Gasteiger partial charge is 0.141 e. The van der Waals surface area contributed by atoms with Crippen LogP contribution in [0.25, 0.3) is 0 Å². The van der Waals surface area contributed by atoms with Crippen LogP contribution in [0, 0.1) is 11.2 Å². The Morgan fingerprint density at radius 2 is 2.16 bits per heavy atom. The highest BCUT2D eigenvalue weighted by Gasteiger charge is 2.39. The number of benzene rings is 1. The molecule has 1 fully saturated rings. The molecule has 106 valence electrons. The predicted octanol–water partition coefficient (Wildman–Crippen LogP) is 3.49. The first-order chi connectivity index (χ1) is 8.83. The molecule has 0 bridgehead atoms. The standard InChI is InChI=1S/C14H19ClFNOS/c1-14(2)7-3-4-12(13(14)17)19(18)9-5-6-11(16)10(15)8-9/h5-6,8,12-13H,3-4,7,17H2,1-2H3. The Morgan fingerprint density at radius 1 is 1.47 bits per heavy atom. The van der Waals surface area contributed by atoms with E-state index in [1.807, 2.05) is 0 Å². The third-order valence-electron chi connectivity index (χ3n) is 4.01. The lowest BCUT2D eigenvalue weighted by atomic mass is 9.73. The predicted molar refractivity (Wildman–Crippen MR) is 77.2 cm³/mol. The number of halogens is 2. The van der Waals surface area contributed by atoms with Crippen molar-refractivity contribution in [2.24, 2.45) is 11.1 Å². The average molecular weight is 304 g/mol. The Labute approximate surface area is 121 Å². The molecule has 2 nitrogen and oxygen atoms in total. The van der Waals surface area contributed by atoms with Crippen LogP contribution < -0.4 is 5.73 Å². The van der Waals surface area contributed by atoms with Crippen LogP contribution in [-0.2, 0) is 10.8 Å². The number of nitrogens with two attached hydrogens (primary N) is 1. The van der Waals surface area contributed by atoms with Gasteiger partial charge in [0, 0.05) is 10.9 Å². The van der Waals surface area contributed by atoms with Crippen LogP contribution in [0.2, 0.25) is 5.02 Å². The van der Waals surface area contributed by atoms with Crippen molar-refractivity contribution in [3.63, 3.8) is 0 Å². The van der Waals surface area contributed by atoms with Crippen molar-refractivity contribution >= 4 is 22.4 Å². The molecule has 0 heterocycles. The van der Waals surface area contributed by atoms with Gasteiger partial charge in [-0.15, -0.1) is 0 Å². The first-order valence-corrected chi connectivity index (χ1v) is 8.03. The summed E-state index contributed by atoms with van der Waals surface area (Å²) in [5.41, 5.74) is 6.25. The van der Waals surface area contributed by atoms with Crippen molar-refractivity contribution < 1.29 is 8.60 Å². The molecule has 3 unspecified atom stereocenters. The minimum Gasteiger partial charge on any atom is -0.326 e. The molecular weight excluding hydrogens is 285 g/mol. The molecule has 2 rings (SSSR count). The van der Waals surface area contributed by atoms with E-state index in [1.54, 1.807) is 0 Å². The minimum atomic E-state index is -1.24. The zero-order valence-electron chi connectivity index (χ0n) is 11.2. The molecule has 2 N–H and O–H groups in total. The Bertz CT molecular complexity index is 506. The number of hydrogen-bond donors (Lipinski definition) is 1. The molecule has 1 saturated carbocycles. The van der Waals surface area contributed by atoms with E-state index >= 15 is 0 Å². The van der Waals surface area contributed by atoms with Crippen LogP contribution in [-0.4, -0.2) is 15.5 Å². The average Bonchev–Trinajstić information content (AvgIpc) is 2.35. The molecule has 1 aromatic carbocycles. The van der Waals surface area contributed by atoms with Crippen molar-refractivity contribution in [3.05, 3.63) is 29.0 Å². The summed E-state index contributed by atoms with van der Waals surface area (Å²) in [5, 5.41) is -0.0835. The van der Waals surface area contributed by atoms with E-state index in [2.05, 4.69) is 13.8 Å². The number of rotatable bonds is 2. The van der Waals surface area contributed by atoms with E-state index in [9.17, 15) is 8.60 Å². The summed E-state index contributed by atoms with van der Waals surface area (Å²) in [7, 11) is -1.24. The molecule has 1 aromatic rings. The van der Waals surface area contributed by atoms with E-state index in [-0.39, 0.29) is 21.7 Å². The van der Waals surface area contributed by atoms with Gasteiger partial charge in [-0.25, -0.2) is 4.39 Å². The highest BCUT2D eigenvalue weighted by Crippen LogP contribution is 2.38. The summed E-state index contributed by atoms with van der Waals surface area (Å²) in [6.07, 6.45) is 2.91. The van der Waals surface area contributed by atoms with E-state index in [0.29, 0.717) is 4.90 Å². The molecule has 0 amide bonds. The van der Waals surface area contributed by atoms with Crippen LogP contribution >= 0.6 is 11.6 Å². The van der Waals surface area contributed by atoms with Gasteiger partial charge in [0.05, 0.1) is 21.1 Å². The zero-order chi connectivity index (χ0) is 14.2. The topological polar surface area (TPSA) is 43.1 Å². The minimum absolute atomic E-state index is 0.00879. The van der Waals surface area contributed by atoms with Crippen LogP contribution in [0.15, 0.2) is 23.1 Å². The summed E-state index contributed by atoms with van der Waals surface area (Å²) < 4.78 is 25.8. The fourth-order valence-electron chi connectivity index (χ4n) is 2.63. The molecule has 5 heteroatoms. The molecular formula is C14H19ClFNOS. The highest BCUT2D eigenvalue weighted by atomic mass is 35.5. The molecule has 0 aromatic heterocycles. The van der Waals surface area contributed by atoms with Gasteiger partial charge >= 0.3 is 0 Å². The Hall–Kier alpha value is -0.450. The molecule has 1 aliphatic rings. The molecule has 1 aliphatic carbocycles. The van der Waals surface area contributed by atoms with Crippen molar-refractivity contribution in [2.45, 2.75) is 49.3 Å². The van der Waals surface area contributed by atoms with Crippen LogP contribution in [0.4, 0.5) is 4.39 Å². The third kappa shape index (κ3) is 3.01. The zero-order valence-corrected chi connectivity index (χ0v) is 12.7. The Balaban J connectivity index is 2.26. The largest absolute Gasteiger partial charge is 0.326 e. The van der Waals surface area contributed by atoms with E-state index in [4.69, 9.17) is 17.3 Å². The summed E-state index contributed by atoms with van der Waals surface area (Å²) in [6.45, 7) is 4.22. The maximum Gasteiger partial charge on any atom is 0.141 e. The normalized spacial score (nSPS) is 28.1. The van der Waals surface area contributed by atoms with Gasteiger partial charge in [-0.05, 0) is 36.5 Å². The molecule has 0 radical (unpaired) electrons. The monoisotopic (exact) mass is 303 g/mol. The second kappa shape index (κ2) is 5.51. The SMILES string of the molecule is CC1(C)CCCC(S(=O)c2ccc(F)c(Cl)c2)C1N. The first-order valence-electron chi connectivity index (χ1n) is 6.44. The van der Waals surface area contributed by atoms with Gasteiger partial charge in [-0.1, -0.05) is 31.9 Å². The van der Waals surface area contributed by atoms with Gasteiger partial charge in [0.1, 0.15) is 5.82 Å². The van der Waals surface area contributed by atoms with Crippen molar-refractivity contribution in [1.82, 2.24) is 0 Å². The summed E-state index contributed by atoms with van der Waals surface area (Å²) in [6, 6.07) is 4.12. The van der Waals surface area contributed by atoms with Crippen LogP contribution in [0.5, 0.6) is 0 Å². The van der Waals surface area contributed by atoms with E-state index in [1.165, 1.54) is 18.2 Å². The van der Waals surface area contributed by atoms with E-state index < -0.39 is 16.6 Å². The lowest BCUT2D eigenvalue weighted by molar-refractivity contribution is 0.206. The molecule has 0 aliphatic heterocycles. The highest BCUT2D eigenvalue weighted by molar-refractivity contribution is 7.85. The number of hydrogen-bond acceptors (Lipinski definition) is 2. The van der Waals surface area contributed by atoms with Gasteiger partial charge in [-0.3, -0.25) is 4.21 Å². The molecule has 0 saturated heterocycles.